The van der Waals surface area contributed by atoms with E-state index in [0.717, 1.165) is 0 Å². The molecule has 1 heterocycles. The number of nitrogens with one attached hydrogen (secondary N) is 1. The molecule has 1 atom stereocenters. The first-order valence-electron chi connectivity index (χ1n) is 7.27. The Labute approximate surface area is 111 Å². The minimum Gasteiger partial charge on any atom is -0.380 e. The third-order valence-corrected chi connectivity index (χ3v) is 4.08. The molecule has 1 unspecified atom stereocenters. The highest BCUT2D eigenvalue weighted by molar-refractivity contribution is 5.39. The monoisotopic (exact) mass is 249 g/mol. The largest absolute Gasteiger partial charge is 0.380 e. The van der Waals surface area contributed by atoms with Gasteiger partial charge in [0.05, 0.1) is 11.9 Å². The van der Waals surface area contributed by atoms with Crippen molar-refractivity contribution in [1.82, 2.24) is 9.78 Å². The van der Waals surface area contributed by atoms with Crippen LogP contribution in [0.1, 0.15) is 65.8 Å². The fourth-order valence-corrected chi connectivity index (χ4v) is 2.74. The number of hydrogen-bond donors (Lipinski definition) is 1. The lowest BCUT2D eigenvalue weighted by Gasteiger charge is -2.22. The number of hydrogen-bond acceptors (Lipinski definition) is 2. The maximum Gasteiger partial charge on any atom is 0.0728 e. The molecule has 2 rings (SSSR count). The number of anilines is 1. The Bertz CT molecular complexity index is 379. The molecular weight excluding hydrogens is 222 g/mol. The first-order chi connectivity index (χ1) is 8.46. The van der Waals surface area contributed by atoms with Gasteiger partial charge >= 0.3 is 0 Å². The van der Waals surface area contributed by atoms with E-state index in [0.29, 0.717) is 17.5 Å². The molecule has 0 amide bonds. The van der Waals surface area contributed by atoms with Crippen LogP contribution in [0.4, 0.5) is 5.69 Å². The van der Waals surface area contributed by atoms with Crippen LogP contribution >= 0.6 is 0 Å². The van der Waals surface area contributed by atoms with Gasteiger partial charge in [-0.25, -0.2) is 0 Å². The molecule has 0 aliphatic heterocycles. The van der Waals surface area contributed by atoms with Crippen molar-refractivity contribution in [2.24, 2.45) is 5.41 Å². The fraction of sp³-hybridized carbons (Fsp3) is 0.800. The standard InChI is InChI=1S/C15H27N3/c1-12(2)18-11-14(10-16-18)17-13-6-5-8-15(3,4)9-7-13/h10-13,17H,5-9H2,1-4H3. The average Bonchev–Trinajstić information content (AvgIpc) is 2.67. The Balaban J connectivity index is 1.92. The number of nitrogens with zero attached hydrogens (tertiary/aromatic N) is 2. The molecule has 0 saturated heterocycles. The minimum atomic E-state index is 0.439. The van der Waals surface area contributed by atoms with Gasteiger partial charge in [0.1, 0.15) is 0 Å². The molecule has 18 heavy (non-hydrogen) atoms. The van der Waals surface area contributed by atoms with Crippen LogP contribution in [0.25, 0.3) is 0 Å². The van der Waals surface area contributed by atoms with Gasteiger partial charge in [-0.05, 0) is 44.9 Å². The van der Waals surface area contributed by atoms with Gasteiger partial charge in [0.2, 0.25) is 0 Å². The van der Waals surface area contributed by atoms with Crippen LogP contribution in [0.3, 0.4) is 0 Å². The molecule has 1 N–H and O–H groups in total. The second-order valence-corrected chi connectivity index (χ2v) is 6.74. The maximum absolute atomic E-state index is 4.39. The van der Waals surface area contributed by atoms with Crippen LogP contribution in [0, 0.1) is 5.41 Å². The highest BCUT2D eigenvalue weighted by Crippen LogP contribution is 2.34. The second kappa shape index (κ2) is 5.33. The van der Waals surface area contributed by atoms with E-state index in [4.69, 9.17) is 0 Å². The lowest BCUT2D eigenvalue weighted by atomic mass is 9.85. The number of aromatic nitrogens is 2. The highest BCUT2D eigenvalue weighted by Gasteiger charge is 2.24. The Hall–Kier alpha value is -0.990. The molecule has 0 radical (unpaired) electrons. The van der Waals surface area contributed by atoms with E-state index in [2.05, 4.69) is 44.3 Å². The van der Waals surface area contributed by atoms with Crippen LogP contribution in [-0.2, 0) is 0 Å². The Kier molecular flexibility index (Phi) is 3.98. The van der Waals surface area contributed by atoms with E-state index in [-0.39, 0.29) is 0 Å². The summed E-state index contributed by atoms with van der Waals surface area (Å²) in [6.45, 7) is 9.11. The van der Waals surface area contributed by atoms with Crippen molar-refractivity contribution >= 4 is 5.69 Å². The van der Waals surface area contributed by atoms with Crippen molar-refractivity contribution in [1.29, 1.82) is 0 Å². The topological polar surface area (TPSA) is 29.9 Å². The van der Waals surface area contributed by atoms with Gasteiger partial charge in [0.25, 0.3) is 0 Å². The molecule has 1 fully saturated rings. The van der Waals surface area contributed by atoms with Crippen molar-refractivity contribution in [3.63, 3.8) is 0 Å². The van der Waals surface area contributed by atoms with E-state index in [1.165, 1.54) is 37.8 Å². The molecule has 3 heteroatoms. The second-order valence-electron chi connectivity index (χ2n) is 6.74. The van der Waals surface area contributed by atoms with Crippen LogP contribution < -0.4 is 5.32 Å². The quantitative estimate of drug-likeness (QED) is 0.812. The molecule has 0 aromatic carbocycles. The zero-order valence-corrected chi connectivity index (χ0v) is 12.2. The number of rotatable bonds is 3. The summed E-state index contributed by atoms with van der Waals surface area (Å²) in [7, 11) is 0. The Morgan fingerprint density at radius 2 is 2.11 bits per heavy atom. The molecule has 1 saturated carbocycles. The third-order valence-electron chi connectivity index (χ3n) is 4.08. The van der Waals surface area contributed by atoms with E-state index in [9.17, 15) is 0 Å². The summed E-state index contributed by atoms with van der Waals surface area (Å²) >= 11 is 0. The van der Waals surface area contributed by atoms with E-state index >= 15 is 0 Å². The van der Waals surface area contributed by atoms with Crippen molar-refractivity contribution in [2.75, 3.05) is 5.32 Å². The van der Waals surface area contributed by atoms with Crippen molar-refractivity contribution < 1.29 is 0 Å². The smallest absolute Gasteiger partial charge is 0.0728 e. The van der Waals surface area contributed by atoms with Crippen molar-refractivity contribution in [3.8, 4) is 0 Å². The average molecular weight is 249 g/mol. The summed E-state index contributed by atoms with van der Waals surface area (Å²) in [5.41, 5.74) is 1.70. The molecule has 0 bridgehead atoms. The fourth-order valence-electron chi connectivity index (χ4n) is 2.74. The summed E-state index contributed by atoms with van der Waals surface area (Å²) in [5.74, 6) is 0. The first-order valence-corrected chi connectivity index (χ1v) is 7.27. The van der Waals surface area contributed by atoms with Gasteiger partial charge in [-0.2, -0.15) is 5.10 Å². The summed E-state index contributed by atoms with van der Waals surface area (Å²) in [4.78, 5) is 0. The van der Waals surface area contributed by atoms with Gasteiger partial charge < -0.3 is 5.32 Å². The van der Waals surface area contributed by atoms with Crippen molar-refractivity contribution in [2.45, 2.75) is 71.9 Å². The molecule has 0 spiro atoms. The summed E-state index contributed by atoms with van der Waals surface area (Å²) in [6, 6.07) is 1.06. The van der Waals surface area contributed by atoms with E-state index in [1.807, 2.05) is 10.9 Å². The molecule has 1 aliphatic rings. The van der Waals surface area contributed by atoms with Gasteiger partial charge in [0, 0.05) is 18.3 Å². The third kappa shape index (κ3) is 3.50. The molecule has 1 aromatic heterocycles. The minimum absolute atomic E-state index is 0.439. The lowest BCUT2D eigenvalue weighted by molar-refractivity contribution is 0.313. The predicted molar refractivity (Wildman–Crippen MR) is 76.9 cm³/mol. The van der Waals surface area contributed by atoms with Gasteiger partial charge in [-0.1, -0.05) is 20.3 Å². The SMILES string of the molecule is CC(C)n1cc(NC2CCCC(C)(C)CC2)cn1. The van der Waals surface area contributed by atoms with Crippen LogP contribution in [0.15, 0.2) is 12.4 Å². The highest BCUT2D eigenvalue weighted by atomic mass is 15.3. The molecular formula is C15H27N3. The van der Waals surface area contributed by atoms with E-state index < -0.39 is 0 Å². The van der Waals surface area contributed by atoms with Crippen molar-refractivity contribution in [3.05, 3.63) is 12.4 Å². The van der Waals surface area contributed by atoms with Gasteiger partial charge in [-0.3, -0.25) is 4.68 Å². The Morgan fingerprint density at radius 3 is 2.78 bits per heavy atom. The predicted octanol–water partition coefficient (Wildman–Crippen LogP) is 4.23. The maximum atomic E-state index is 4.39. The Morgan fingerprint density at radius 1 is 1.33 bits per heavy atom. The van der Waals surface area contributed by atoms with E-state index in [1.54, 1.807) is 0 Å². The molecule has 1 aromatic rings. The summed E-state index contributed by atoms with van der Waals surface area (Å²) in [5, 5.41) is 8.04. The first kappa shape index (κ1) is 13.4. The van der Waals surface area contributed by atoms with Gasteiger partial charge in [0.15, 0.2) is 0 Å². The molecule has 3 nitrogen and oxygen atoms in total. The zero-order chi connectivity index (χ0) is 13.2. The van der Waals surface area contributed by atoms with Crippen LogP contribution in [0.5, 0.6) is 0 Å². The summed E-state index contributed by atoms with van der Waals surface area (Å²) < 4.78 is 2.02. The van der Waals surface area contributed by atoms with Crippen LogP contribution in [0.2, 0.25) is 0 Å². The normalized spacial score (nSPS) is 23.9. The lowest BCUT2D eigenvalue weighted by Crippen LogP contribution is -2.18. The molecule has 1 aliphatic carbocycles. The molecule has 102 valence electrons. The van der Waals surface area contributed by atoms with Gasteiger partial charge in [-0.15, -0.1) is 0 Å². The van der Waals surface area contributed by atoms with Crippen LogP contribution in [-0.4, -0.2) is 15.8 Å². The summed E-state index contributed by atoms with van der Waals surface area (Å²) in [6.07, 6.45) is 10.7. The zero-order valence-electron chi connectivity index (χ0n) is 12.2.